The molecular weight excluding hydrogens is 324 g/mol. The number of methoxy groups -OCH3 is 1. The van der Waals surface area contributed by atoms with Gasteiger partial charge in [-0.1, -0.05) is 12.1 Å². The van der Waals surface area contributed by atoms with Gasteiger partial charge < -0.3 is 15.2 Å². The van der Waals surface area contributed by atoms with Gasteiger partial charge in [-0.25, -0.2) is 9.59 Å². The second-order valence-corrected chi connectivity index (χ2v) is 7.14. The highest BCUT2D eigenvalue weighted by molar-refractivity contribution is 5.89. The zero-order valence-electron chi connectivity index (χ0n) is 13.9. The number of hydrogen-bond acceptors (Lipinski definition) is 4. The second kappa shape index (κ2) is 5.47. The van der Waals surface area contributed by atoms with Gasteiger partial charge in [0.25, 0.3) is 0 Å². The molecule has 2 saturated carbocycles. The Kier molecular flexibility index (Phi) is 3.49. The van der Waals surface area contributed by atoms with E-state index in [1.807, 2.05) is 12.1 Å². The Morgan fingerprint density at radius 3 is 2.44 bits per heavy atom. The maximum absolute atomic E-state index is 12.7. The van der Waals surface area contributed by atoms with Crippen LogP contribution >= 0.6 is 0 Å². The van der Waals surface area contributed by atoms with Crippen LogP contribution in [-0.2, 0) is 15.1 Å². The first-order valence-corrected chi connectivity index (χ1v) is 8.47. The fourth-order valence-corrected chi connectivity index (χ4v) is 3.94. The first-order valence-electron chi connectivity index (χ1n) is 8.47. The molecule has 1 aromatic carbocycles. The number of esters is 1. The summed E-state index contributed by atoms with van der Waals surface area (Å²) in [4.78, 5) is 37.0. The number of carbonyl (C=O) groups excluding carboxylic acids is 2. The number of fused-ring (bicyclic) bond motifs is 1. The number of nitrogens with one attached hydrogen (secondary N) is 1. The molecular formula is C18H20N2O5. The summed E-state index contributed by atoms with van der Waals surface area (Å²) in [6.45, 7) is 0. The lowest BCUT2D eigenvalue weighted by Crippen LogP contribution is -2.50. The van der Waals surface area contributed by atoms with E-state index in [0.717, 1.165) is 24.8 Å². The third-order valence-corrected chi connectivity index (χ3v) is 5.60. The summed E-state index contributed by atoms with van der Waals surface area (Å²) < 4.78 is 4.69. The van der Waals surface area contributed by atoms with Crippen LogP contribution in [0.5, 0.6) is 0 Å². The van der Waals surface area contributed by atoms with Crippen LogP contribution in [0.15, 0.2) is 24.3 Å². The molecule has 7 nitrogen and oxygen atoms in total. The molecule has 4 rings (SSSR count). The number of benzene rings is 1. The van der Waals surface area contributed by atoms with Crippen molar-refractivity contribution in [3.05, 3.63) is 35.4 Å². The van der Waals surface area contributed by atoms with E-state index in [-0.39, 0.29) is 11.9 Å². The fraction of sp³-hybridized carbons (Fsp3) is 0.500. The number of piperidine rings is 1. The summed E-state index contributed by atoms with van der Waals surface area (Å²) in [7, 11) is 1.33. The molecule has 2 aliphatic carbocycles. The quantitative estimate of drug-likeness (QED) is 0.811. The number of hydrogen-bond donors (Lipinski definition) is 2. The summed E-state index contributed by atoms with van der Waals surface area (Å²) in [5.41, 5.74) is 0.947. The van der Waals surface area contributed by atoms with E-state index < -0.39 is 23.6 Å². The molecule has 3 unspecified atom stereocenters. The van der Waals surface area contributed by atoms with E-state index in [9.17, 15) is 19.5 Å². The fourth-order valence-electron chi connectivity index (χ4n) is 3.94. The van der Waals surface area contributed by atoms with Crippen LogP contribution in [0.1, 0.15) is 41.6 Å². The zero-order valence-corrected chi connectivity index (χ0v) is 13.9. The minimum Gasteiger partial charge on any atom is -0.465 e. The van der Waals surface area contributed by atoms with Gasteiger partial charge in [-0.3, -0.25) is 9.69 Å². The highest BCUT2D eigenvalue weighted by Crippen LogP contribution is 2.49. The minimum absolute atomic E-state index is 0.0164. The maximum atomic E-state index is 12.7. The van der Waals surface area contributed by atoms with Crippen molar-refractivity contribution in [1.82, 2.24) is 10.2 Å². The maximum Gasteiger partial charge on any atom is 0.408 e. The third-order valence-electron chi connectivity index (χ3n) is 5.60. The van der Waals surface area contributed by atoms with Crippen molar-refractivity contribution in [1.29, 1.82) is 0 Å². The second-order valence-electron chi connectivity index (χ2n) is 7.14. The van der Waals surface area contributed by atoms with Gasteiger partial charge in [-0.15, -0.1) is 0 Å². The molecule has 1 heterocycles. The largest absolute Gasteiger partial charge is 0.465 e. The first-order chi connectivity index (χ1) is 11.9. The van der Waals surface area contributed by atoms with Crippen LogP contribution in [0.2, 0.25) is 0 Å². The van der Waals surface area contributed by atoms with Crippen molar-refractivity contribution in [2.75, 3.05) is 7.11 Å². The van der Waals surface area contributed by atoms with E-state index in [0.29, 0.717) is 17.9 Å². The van der Waals surface area contributed by atoms with Crippen LogP contribution in [0.4, 0.5) is 4.79 Å². The van der Waals surface area contributed by atoms with Crippen LogP contribution in [0, 0.1) is 5.92 Å². The topological polar surface area (TPSA) is 95.9 Å². The Bertz CT molecular complexity index is 740. The Balaban J connectivity index is 1.47. The minimum atomic E-state index is -1.02. The average Bonchev–Trinajstić information content (AvgIpc) is 3.52. The standard InChI is InChI=1S/C18H20N2O5/c1-25-16(22)10-2-4-12(5-3-10)18(6-7-18)19-15(21)14-9-11-8-13(11)20(14)17(23)24/h2-5,11,13-14H,6-9H2,1H3,(H,19,21)(H,23,24). The van der Waals surface area contributed by atoms with E-state index in [1.54, 1.807) is 12.1 Å². The van der Waals surface area contributed by atoms with Gasteiger partial charge in [0.05, 0.1) is 18.2 Å². The number of rotatable bonds is 4. The van der Waals surface area contributed by atoms with Crippen molar-refractivity contribution < 1.29 is 24.2 Å². The Hall–Kier alpha value is -2.57. The Morgan fingerprint density at radius 2 is 1.88 bits per heavy atom. The van der Waals surface area contributed by atoms with Crippen molar-refractivity contribution in [2.24, 2.45) is 5.92 Å². The molecule has 3 fully saturated rings. The summed E-state index contributed by atoms with van der Waals surface area (Å²) in [5.74, 6) is -0.284. The number of likely N-dealkylation sites (tertiary alicyclic amines) is 1. The lowest BCUT2D eigenvalue weighted by molar-refractivity contribution is -0.126. The summed E-state index contributed by atoms with van der Waals surface area (Å²) in [5, 5.41) is 12.4. The van der Waals surface area contributed by atoms with Gasteiger partial charge in [0.2, 0.25) is 5.91 Å². The molecule has 3 aliphatic rings. The number of ether oxygens (including phenoxy) is 1. The Labute approximate surface area is 144 Å². The lowest BCUT2D eigenvalue weighted by atomic mass is 10.0. The third kappa shape index (κ3) is 2.63. The van der Waals surface area contributed by atoms with E-state index in [4.69, 9.17) is 0 Å². The van der Waals surface area contributed by atoms with Gasteiger partial charge >= 0.3 is 12.1 Å². The number of carboxylic acid groups (broad SMARTS) is 1. The normalized spacial score (nSPS) is 28.0. The molecule has 25 heavy (non-hydrogen) atoms. The van der Waals surface area contributed by atoms with Crippen LogP contribution < -0.4 is 5.32 Å². The molecule has 2 amide bonds. The van der Waals surface area contributed by atoms with Gasteiger partial charge in [0.1, 0.15) is 6.04 Å². The van der Waals surface area contributed by atoms with E-state index in [1.165, 1.54) is 12.0 Å². The number of nitrogens with zero attached hydrogens (tertiary/aromatic N) is 1. The van der Waals surface area contributed by atoms with Crippen molar-refractivity contribution in [3.8, 4) is 0 Å². The van der Waals surface area contributed by atoms with Crippen LogP contribution in [-0.4, -0.2) is 47.2 Å². The van der Waals surface area contributed by atoms with Crippen LogP contribution in [0.3, 0.4) is 0 Å². The Morgan fingerprint density at radius 1 is 1.20 bits per heavy atom. The van der Waals surface area contributed by atoms with Crippen LogP contribution in [0.25, 0.3) is 0 Å². The molecule has 0 radical (unpaired) electrons. The number of carbonyl (C=O) groups is 3. The van der Waals surface area contributed by atoms with Gasteiger partial charge in [-0.05, 0) is 49.3 Å². The predicted octanol–water partition coefficient (Wildman–Crippen LogP) is 1.72. The first kappa shape index (κ1) is 15.9. The number of amides is 2. The van der Waals surface area contributed by atoms with Crippen molar-refractivity contribution in [3.63, 3.8) is 0 Å². The molecule has 132 valence electrons. The zero-order chi connectivity index (χ0) is 17.8. The summed E-state index contributed by atoms with van der Waals surface area (Å²) in [6.07, 6.45) is 2.08. The molecule has 1 saturated heterocycles. The van der Waals surface area contributed by atoms with Gasteiger partial charge in [-0.2, -0.15) is 0 Å². The predicted molar refractivity (Wildman–Crippen MR) is 87.0 cm³/mol. The molecule has 1 aromatic rings. The summed E-state index contributed by atoms with van der Waals surface area (Å²) >= 11 is 0. The highest BCUT2D eigenvalue weighted by atomic mass is 16.5. The van der Waals surface area contributed by atoms with Crippen molar-refractivity contribution >= 4 is 18.0 Å². The summed E-state index contributed by atoms with van der Waals surface area (Å²) in [6, 6.07) is 6.43. The average molecular weight is 344 g/mol. The molecule has 2 N–H and O–H groups in total. The van der Waals surface area contributed by atoms with E-state index >= 15 is 0 Å². The molecule has 3 atom stereocenters. The monoisotopic (exact) mass is 344 g/mol. The smallest absolute Gasteiger partial charge is 0.408 e. The lowest BCUT2D eigenvalue weighted by Gasteiger charge is -2.27. The van der Waals surface area contributed by atoms with E-state index in [2.05, 4.69) is 10.1 Å². The highest BCUT2D eigenvalue weighted by Gasteiger charge is 2.57. The van der Waals surface area contributed by atoms with Gasteiger partial charge in [0.15, 0.2) is 0 Å². The molecule has 1 aliphatic heterocycles. The molecule has 0 bridgehead atoms. The molecule has 0 spiro atoms. The SMILES string of the molecule is COC(=O)c1ccc(C2(NC(=O)C3CC4CC4N3C(=O)O)CC2)cc1. The van der Waals surface area contributed by atoms with Crippen molar-refractivity contribution in [2.45, 2.75) is 43.3 Å². The molecule has 0 aromatic heterocycles. The van der Waals surface area contributed by atoms with Gasteiger partial charge in [0, 0.05) is 6.04 Å². The molecule has 7 heteroatoms.